The van der Waals surface area contributed by atoms with Gasteiger partial charge in [-0.05, 0) is 24.3 Å². The Hall–Kier alpha value is -2.37. The van der Waals surface area contributed by atoms with Crippen LogP contribution < -0.4 is 15.5 Å². The topological polar surface area (TPSA) is 71.2 Å². The van der Waals surface area contributed by atoms with Crippen LogP contribution in [-0.2, 0) is 0 Å². The lowest BCUT2D eigenvalue weighted by Gasteiger charge is -2.36. The van der Waals surface area contributed by atoms with Crippen LogP contribution >= 0.6 is 0 Å². The Labute approximate surface area is 111 Å². The summed E-state index contributed by atoms with van der Waals surface area (Å²) in [5, 5.41) is 0. The Kier molecular flexibility index (Phi) is 3.14. The minimum Gasteiger partial charge on any atom is -0.399 e. The average molecular weight is 256 g/mol. The van der Waals surface area contributed by atoms with Crippen LogP contribution in [0.3, 0.4) is 0 Å². The van der Waals surface area contributed by atoms with E-state index in [4.69, 9.17) is 5.73 Å². The Bertz CT molecular complexity index is 519. The van der Waals surface area contributed by atoms with Gasteiger partial charge in [-0.1, -0.05) is 0 Å². The van der Waals surface area contributed by atoms with Crippen molar-refractivity contribution < 1.29 is 0 Å². The van der Waals surface area contributed by atoms with Crippen LogP contribution in [0.4, 0.5) is 17.3 Å². The molecule has 0 unspecified atom stereocenters. The molecule has 0 aliphatic carbocycles. The van der Waals surface area contributed by atoms with Crippen molar-refractivity contribution in [3.8, 4) is 0 Å². The molecule has 6 nitrogen and oxygen atoms in total. The maximum atomic E-state index is 5.71. The molecular formula is C13H16N6. The number of benzene rings is 1. The third-order valence-corrected chi connectivity index (χ3v) is 3.30. The molecule has 2 N–H and O–H groups in total. The molecule has 3 rings (SSSR count). The van der Waals surface area contributed by atoms with Gasteiger partial charge in [0.1, 0.15) is 12.7 Å². The first kappa shape index (κ1) is 11.7. The first-order chi connectivity index (χ1) is 9.33. The van der Waals surface area contributed by atoms with Gasteiger partial charge in [-0.2, -0.15) is 0 Å². The van der Waals surface area contributed by atoms with Crippen LogP contribution in [0.2, 0.25) is 0 Å². The van der Waals surface area contributed by atoms with Gasteiger partial charge in [-0.15, -0.1) is 0 Å². The standard InChI is InChI=1S/C13H16N6/c14-11-1-3-12(4-2-11)18-5-7-19(8-6-18)13-16-9-15-10-17-13/h1-4,9-10H,5-8,14H2. The van der Waals surface area contributed by atoms with Crippen LogP contribution in [0.5, 0.6) is 0 Å². The summed E-state index contributed by atoms with van der Waals surface area (Å²) in [4.78, 5) is 16.7. The van der Waals surface area contributed by atoms with E-state index in [0.717, 1.165) is 37.8 Å². The maximum Gasteiger partial charge on any atom is 0.228 e. The molecule has 1 aliphatic heterocycles. The van der Waals surface area contributed by atoms with Gasteiger partial charge in [0.25, 0.3) is 0 Å². The molecule has 2 heterocycles. The van der Waals surface area contributed by atoms with Crippen LogP contribution in [-0.4, -0.2) is 41.1 Å². The van der Waals surface area contributed by atoms with Crippen LogP contribution in [0.25, 0.3) is 0 Å². The van der Waals surface area contributed by atoms with E-state index in [9.17, 15) is 0 Å². The number of piperazine rings is 1. The van der Waals surface area contributed by atoms with Crippen molar-refractivity contribution in [2.24, 2.45) is 0 Å². The number of hydrogen-bond acceptors (Lipinski definition) is 6. The van der Waals surface area contributed by atoms with Crippen LogP contribution in [0.15, 0.2) is 36.9 Å². The van der Waals surface area contributed by atoms with Gasteiger partial charge in [-0.3, -0.25) is 0 Å². The monoisotopic (exact) mass is 256 g/mol. The number of anilines is 3. The molecule has 98 valence electrons. The van der Waals surface area contributed by atoms with E-state index in [-0.39, 0.29) is 0 Å². The van der Waals surface area contributed by atoms with E-state index in [0.29, 0.717) is 0 Å². The molecule has 0 radical (unpaired) electrons. The highest BCUT2D eigenvalue weighted by Gasteiger charge is 2.18. The molecule has 1 fully saturated rings. The highest BCUT2D eigenvalue weighted by molar-refractivity contribution is 5.54. The Morgan fingerprint density at radius 3 is 2.05 bits per heavy atom. The first-order valence-corrected chi connectivity index (χ1v) is 6.30. The summed E-state index contributed by atoms with van der Waals surface area (Å²) >= 11 is 0. The third-order valence-electron chi connectivity index (χ3n) is 3.30. The molecule has 0 spiro atoms. The van der Waals surface area contributed by atoms with E-state index >= 15 is 0 Å². The van der Waals surface area contributed by atoms with Crippen molar-refractivity contribution in [2.75, 3.05) is 41.7 Å². The molecule has 1 saturated heterocycles. The van der Waals surface area contributed by atoms with Gasteiger partial charge < -0.3 is 15.5 Å². The van der Waals surface area contributed by atoms with Crippen molar-refractivity contribution in [1.29, 1.82) is 0 Å². The van der Waals surface area contributed by atoms with Crippen molar-refractivity contribution in [3.63, 3.8) is 0 Å². The van der Waals surface area contributed by atoms with Gasteiger partial charge in [-0.25, -0.2) is 15.0 Å². The maximum absolute atomic E-state index is 5.71. The molecule has 0 saturated carbocycles. The van der Waals surface area contributed by atoms with Crippen LogP contribution in [0, 0.1) is 0 Å². The van der Waals surface area contributed by atoms with Gasteiger partial charge in [0.2, 0.25) is 5.95 Å². The van der Waals surface area contributed by atoms with Crippen molar-refractivity contribution in [1.82, 2.24) is 15.0 Å². The van der Waals surface area contributed by atoms with Gasteiger partial charge >= 0.3 is 0 Å². The summed E-state index contributed by atoms with van der Waals surface area (Å²) in [6.45, 7) is 3.73. The number of nitrogen functional groups attached to an aromatic ring is 1. The number of aromatic nitrogens is 3. The van der Waals surface area contributed by atoms with E-state index in [1.165, 1.54) is 18.3 Å². The summed E-state index contributed by atoms with van der Waals surface area (Å²) < 4.78 is 0. The lowest BCUT2D eigenvalue weighted by Crippen LogP contribution is -2.47. The lowest BCUT2D eigenvalue weighted by molar-refractivity contribution is 0.638. The quantitative estimate of drug-likeness (QED) is 0.801. The fraction of sp³-hybridized carbons (Fsp3) is 0.308. The largest absolute Gasteiger partial charge is 0.399 e. The number of nitrogens with zero attached hydrogens (tertiary/aromatic N) is 5. The zero-order chi connectivity index (χ0) is 13.1. The van der Waals surface area contributed by atoms with Gasteiger partial charge in [0.05, 0.1) is 0 Å². The van der Waals surface area contributed by atoms with Crippen molar-refractivity contribution in [2.45, 2.75) is 0 Å². The fourth-order valence-electron chi connectivity index (χ4n) is 2.25. The summed E-state index contributed by atoms with van der Waals surface area (Å²) in [5.41, 5.74) is 7.72. The van der Waals surface area contributed by atoms with Crippen LogP contribution in [0.1, 0.15) is 0 Å². The second kappa shape index (κ2) is 5.09. The molecule has 2 aromatic rings. The minimum absolute atomic E-state index is 0.756. The summed E-state index contributed by atoms with van der Waals surface area (Å²) in [6.07, 6.45) is 3.07. The molecule has 6 heteroatoms. The lowest BCUT2D eigenvalue weighted by atomic mass is 10.2. The summed E-state index contributed by atoms with van der Waals surface area (Å²) in [7, 11) is 0. The van der Waals surface area contributed by atoms with Gasteiger partial charge in [0, 0.05) is 37.6 Å². The highest BCUT2D eigenvalue weighted by Crippen LogP contribution is 2.19. The zero-order valence-electron chi connectivity index (χ0n) is 10.6. The predicted molar refractivity (Wildman–Crippen MR) is 75.1 cm³/mol. The average Bonchev–Trinajstić information content (AvgIpc) is 2.49. The SMILES string of the molecule is Nc1ccc(N2CCN(c3ncncn3)CC2)cc1. The summed E-state index contributed by atoms with van der Waals surface area (Å²) in [6, 6.07) is 8.00. The second-order valence-corrected chi connectivity index (χ2v) is 4.50. The number of rotatable bonds is 2. The van der Waals surface area contributed by atoms with Crippen molar-refractivity contribution in [3.05, 3.63) is 36.9 Å². The minimum atomic E-state index is 0.756. The smallest absolute Gasteiger partial charge is 0.228 e. The Balaban J connectivity index is 1.65. The summed E-state index contributed by atoms with van der Waals surface area (Å²) in [5.74, 6) is 0.756. The molecule has 0 bridgehead atoms. The Morgan fingerprint density at radius 1 is 0.842 bits per heavy atom. The highest BCUT2D eigenvalue weighted by atomic mass is 15.3. The molecule has 19 heavy (non-hydrogen) atoms. The van der Waals surface area contributed by atoms with E-state index in [1.54, 1.807) is 0 Å². The zero-order valence-corrected chi connectivity index (χ0v) is 10.6. The number of nitrogens with two attached hydrogens (primary N) is 1. The molecule has 0 amide bonds. The second-order valence-electron chi connectivity index (χ2n) is 4.50. The molecule has 1 aliphatic rings. The molecule has 1 aromatic heterocycles. The van der Waals surface area contributed by atoms with E-state index in [2.05, 4.69) is 36.9 Å². The van der Waals surface area contributed by atoms with E-state index < -0.39 is 0 Å². The number of hydrogen-bond donors (Lipinski definition) is 1. The predicted octanol–water partition coefficient (Wildman–Crippen LogP) is 0.780. The first-order valence-electron chi connectivity index (χ1n) is 6.30. The molecule has 0 atom stereocenters. The third kappa shape index (κ3) is 2.57. The normalized spacial score (nSPS) is 15.6. The van der Waals surface area contributed by atoms with Gasteiger partial charge in [0.15, 0.2) is 0 Å². The molecule has 1 aromatic carbocycles. The Morgan fingerprint density at radius 2 is 1.42 bits per heavy atom. The van der Waals surface area contributed by atoms with Crippen molar-refractivity contribution >= 4 is 17.3 Å². The molecular weight excluding hydrogens is 240 g/mol. The fourth-order valence-corrected chi connectivity index (χ4v) is 2.25. The van der Waals surface area contributed by atoms with E-state index in [1.807, 2.05) is 12.1 Å².